The monoisotopic (exact) mass is 349 g/mol. The maximum atomic E-state index is 13.0. The Hall–Kier alpha value is -1.70. The van der Waals surface area contributed by atoms with Crippen molar-refractivity contribution in [3.8, 4) is 0 Å². The highest BCUT2D eigenvalue weighted by Crippen LogP contribution is 2.29. The van der Waals surface area contributed by atoms with Crippen molar-refractivity contribution in [2.75, 3.05) is 13.2 Å². The molecule has 1 aromatic carbocycles. The quantitative estimate of drug-likeness (QED) is 0.851. The van der Waals surface area contributed by atoms with Crippen molar-refractivity contribution in [2.45, 2.75) is 44.0 Å². The molecule has 2 aromatic rings. The van der Waals surface area contributed by atoms with Gasteiger partial charge in [-0.3, -0.25) is 0 Å². The zero-order chi connectivity index (χ0) is 17.3. The summed E-state index contributed by atoms with van der Waals surface area (Å²) in [5.41, 5.74) is 0.984. The summed E-state index contributed by atoms with van der Waals surface area (Å²) in [4.78, 5) is 4.11. The molecule has 0 aliphatic carbocycles. The molecule has 1 aliphatic rings. The van der Waals surface area contributed by atoms with Gasteiger partial charge in [0.15, 0.2) is 5.03 Å². The van der Waals surface area contributed by atoms with Gasteiger partial charge in [0.2, 0.25) is 0 Å². The summed E-state index contributed by atoms with van der Waals surface area (Å²) < 4.78 is 35.2. The van der Waals surface area contributed by atoms with Gasteiger partial charge in [-0.1, -0.05) is 30.3 Å². The van der Waals surface area contributed by atoms with Crippen LogP contribution in [-0.2, 0) is 14.8 Å². The molecule has 7 heteroatoms. The Morgan fingerprint density at radius 3 is 2.58 bits per heavy atom. The molecule has 0 bridgehead atoms. The molecule has 1 aliphatic heterocycles. The SMILES string of the molecule is CC(C)n1cnc(S(=O)(=O)N2C[C@H](c3ccccc3)OC[C@H]2C)c1. The smallest absolute Gasteiger partial charge is 0.262 e. The topological polar surface area (TPSA) is 64.4 Å². The van der Waals surface area contributed by atoms with E-state index in [9.17, 15) is 8.42 Å². The number of rotatable bonds is 4. The number of ether oxygens (including phenoxy) is 1. The Morgan fingerprint density at radius 2 is 1.96 bits per heavy atom. The number of nitrogens with zero attached hydrogens (tertiary/aromatic N) is 3. The summed E-state index contributed by atoms with van der Waals surface area (Å²) in [5, 5.41) is 0.0942. The van der Waals surface area contributed by atoms with Crippen molar-refractivity contribution < 1.29 is 13.2 Å². The van der Waals surface area contributed by atoms with Crippen LogP contribution in [0.2, 0.25) is 0 Å². The molecular formula is C17H23N3O3S. The predicted molar refractivity (Wildman–Crippen MR) is 91.1 cm³/mol. The highest BCUT2D eigenvalue weighted by Gasteiger charge is 2.37. The van der Waals surface area contributed by atoms with Crippen LogP contribution in [0.25, 0.3) is 0 Å². The second-order valence-corrected chi connectivity index (χ2v) is 8.25. The zero-order valence-electron chi connectivity index (χ0n) is 14.2. The van der Waals surface area contributed by atoms with E-state index in [0.29, 0.717) is 13.2 Å². The summed E-state index contributed by atoms with van der Waals surface area (Å²) in [6, 6.07) is 9.65. The van der Waals surface area contributed by atoms with E-state index in [1.807, 2.05) is 51.1 Å². The Morgan fingerprint density at radius 1 is 1.25 bits per heavy atom. The minimum Gasteiger partial charge on any atom is -0.370 e. The van der Waals surface area contributed by atoms with Crippen molar-refractivity contribution in [1.82, 2.24) is 13.9 Å². The first-order chi connectivity index (χ1) is 11.4. The normalized spacial score (nSPS) is 22.8. The van der Waals surface area contributed by atoms with E-state index in [0.717, 1.165) is 5.56 Å². The third kappa shape index (κ3) is 3.24. The van der Waals surface area contributed by atoms with Crippen LogP contribution in [0, 0.1) is 0 Å². The average Bonchev–Trinajstić information content (AvgIpc) is 3.07. The minimum absolute atomic E-state index is 0.0942. The number of benzene rings is 1. The van der Waals surface area contributed by atoms with E-state index < -0.39 is 10.0 Å². The van der Waals surface area contributed by atoms with Crippen LogP contribution >= 0.6 is 0 Å². The van der Waals surface area contributed by atoms with Gasteiger partial charge in [-0.05, 0) is 26.3 Å². The standard InChI is InChI=1S/C17H23N3O3S/c1-13(2)19-10-17(18-12-19)24(21,22)20-9-16(23-11-14(20)3)15-7-5-4-6-8-15/h4-8,10,12-14,16H,9,11H2,1-3H3/t14-,16-/m1/s1. The van der Waals surface area contributed by atoms with E-state index in [1.54, 1.807) is 17.1 Å². The van der Waals surface area contributed by atoms with E-state index >= 15 is 0 Å². The van der Waals surface area contributed by atoms with Crippen LogP contribution in [0.15, 0.2) is 47.9 Å². The lowest BCUT2D eigenvalue weighted by Gasteiger charge is -2.36. The van der Waals surface area contributed by atoms with Gasteiger partial charge in [-0.15, -0.1) is 0 Å². The maximum Gasteiger partial charge on any atom is 0.262 e. The molecule has 6 nitrogen and oxygen atoms in total. The summed E-state index contributed by atoms with van der Waals surface area (Å²) in [7, 11) is -3.64. The lowest BCUT2D eigenvalue weighted by atomic mass is 10.1. The molecule has 0 unspecified atom stereocenters. The molecule has 0 N–H and O–H groups in total. The summed E-state index contributed by atoms with van der Waals surface area (Å²) in [6.07, 6.45) is 2.90. The number of imidazole rings is 1. The van der Waals surface area contributed by atoms with Crippen LogP contribution in [0.1, 0.15) is 38.5 Å². The van der Waals surface area contributed by atoms with E-state index in [1.165, 1.54) is 4.31 Å². The first kappa shape index (κ1) is 17.1. The highest BCUT2D eigenvalue weighted by molar-refractivity contribution is 7.89. The number of hydrogen-bond donors (Lipinski definition) is 0. The molecule has 0 saturated carbocycles. The Kier molecular flexibility index (Phi) is 4.76. The number of morpholine rings is 1. The Labute approximate surface area is 143 Å². The number of hydrogen-bond acceptors (Lipinski definition) is 4. The minimum atomic E-state index is -3.64. The molecule has 24 heavy (non-hydrogen) atoms. The second kappa shape index (κ2) is 6.66. The molecule has 0 spiro atoms. The largest absolute Gasteiger partial charge is 0.370 e. The van der Waals surface area contributed by atoms with Crippen LogP contribution < -0.4 is 0 Å². The van der Waals surface area contributed by atoms with Gasteiger partial charge in [-0.25, -0.2) is 13.4 Å². The fourth-order valence-electron chi connectivity index (χ4n) is 2.79. The lowest BCUT2D eigenvalue weighted by Crippen LogP contribution is -2.48. The first-order valence-electron chi connectivity index (χ1n) is 8.11. The Balaban J connectivity index is 1.87. The molecule has 2 atom stereocenters. The van der Waals surface area contributed by atoms with Crippen LogP contribution in [0.4, 0.5) is 0 Å². The van der Waals surface area contributed by atoms with Crippen molar-refractivity contribution >= 4 is 10.0 Å². The van der Waals surface area contributed by atoms with Gasteiger partial charge < -0.3 is 9.30 Å². The molecule has 3 rings (SSSR count). The number of aromatic nitrogens is 2. The maximum absolute atomic E-state index is 13.0. The van der Waals surface area contributed by atoms with Gasteiger partial charge in [-0.2, -0.15) is 4.31 Å². The zero-order valence-corrected chi connectivity index (χ0v) is 15.0. The van der Waals surface area contributed by atoms with Crippen molar-refractivity contribution in [3.63, 3.8) is 0 Å². The van der Waals surface area contributed by atoms with Crippen LogP contribution in [0.5, 0.6) is 0 Å². The molecule has 0 amide bonds. The van der Waals surface area contributed by atoms with E-state index in [2.05, 4.69) is 4.98 Å². The van der Waals surface area contributed by atoms with Gasteiger partial charge in [0.05, 0.1) is 19.0 Å². The highest BCUT2D eigenvalue weighted by atomic mass is 32.2. The van der Waals surface area contributed by atoms with Gasteiger partial charge in [0.1, 0.15) is 0 Å². The third-order valence-electron chi connectivity index (χ3n) is 4.29. The van der Waals surface area contributed by atoms with E-state index in [-0.39, 0.29) is 23.2 Å². The molecule has 130 valence electrons. The van der Waals surface area contributed by atoms with E-state index in [4.69, 9.17) is 4.74 Å². The number of sulfonamides is 1. The molecule has 1 aromatic heterocycles. The summed E-state index contributed by atoms with van der Waals surface area (Å²) >= 11 is 0. The van der Waals surface area contributed by atoms with Crippen LogP contribution in [0.3, 0.4) is 0 Å². The molecule has 0 radical (unpaired) electrons. The van der Waals surface area contributed by atoms with Crippen molar-refractivity contribution in [1.29, 1.82) is 0 Å². The van der Waals surface area contributed by atoms with Gasteiger partial charge in [0, 0.05) is 24.8 Å². The average molecular weight is 349 g/mol. The van der Waals surface area contributed by atoms with Crippen molar-refractivity contribution in [2.24, 2.45) is 0 Å². The van der Waals surface area contributed by atoms with Crippen molar-refractivity contribution in [3.05, 3.63) is 48.4 Å². The second-order valence-electron chi connectivity index (χ2n) is 6.41. The third-order valence-corrected chi connectivity index (χ3v) is 6.16. The molecular weight excluding hydrogens is 326 g/mol. The summed E-state index contributed by atoms with van der Waals surface area (Å²) in [6.45, 7) is 6.49. The molecule has 2 heterocycles. The predicted octanol–water partition coefficient (Wildman–Crippen LogP) is 2.61. The van der Waals surface area contributed by atoms with Gasteiger partial charge in [0.25, 0.3) is 10.0 Å². The molecule has 1 fully saturated rings. The lowest BCUT2D eigenvalue weighted by molar-refractivity contribution is -0.0289. The summed E-state index contributed by atoms with van der Waals surface area (Å²) in [5.74, 6) is 0. The van der Waals surface area contributed by atoms with Gasteiger partial charge >= 0.3 is 0 Å². The van der Waals surface area contributed by atoms with Crippen LogP contribution in [-0.4, -0.2) is 41.5 Å². The fourth-order valence-corrected chi connectivity index (χ4v) is 4.33. The fraction of sp³-hybridized carbons (Fsp3) is 0.471. The Bertz CT molecular complexity index is 786. The molecule has 1 saturated heterocycles. The first-order valence-corrected chi connectivity index (χ1v) is 9.55.